The Morgan fingerprint density at radius 1 is 1.17 bits per heavy atom. The molecule has 1 amide bonds. The fourth-order valence-electron chi connectivity index (χ4n) is 2.54. The molecule has 1 aliphatic carbocycles. The number of amides is 1. The van der Waals surface area contributed by atoms with Crippen molar-refractivity contribution in [3.8, 4) is 0 Å². The predicted octanol–water partition coefficient (Wildman–Crippen LogP) is 2.10. The van der Waals surface area contributed by atoms with Gasteiger partial charge in [0.2, 0.25) is 5.91 Å². The van der Waals surface area contributed by atoms with E-state index in [2.05, 4.69) is 5.32 Å². The second-order valence-corrected chi connectivity index (χ2v) is 5.10. The lowest BCUT2D eigenvalue weighted by Gasteiger charge is -2.26. The number of benzene rings is 1. The van der Waals surface area contributed by atoms with Gasteiger partial charge >= 0.3 is 0 Å². The predicted molar refractivity (Wildman–Crippen MR) is 70.8 cm³/mol. The Morgan fingerprint density at radius 2 is 1.83 bits per heavy atom. The van der Waals surface area contributed by atoms with E-state index in [9.17, 15) is 4.79 Å². The molecule has 0 radical (unpaired) electrons. The van der Waals surface area contributed by atoms with E-state index in [1.807, 2.05) is 30.3 Å². The summed E-state index contributed by atoms with van der Waals surface area (Å²) in [5.41, 5.74) is 1.13. The van der Waals surface area contributed by atoms with E-state index in [4.69, 9.17) is 5.11 Å². The first-order chi connectivity index (χ1) is 8.79. The van der Waals surface area contributed by atoms with Crippen molar-refractivity contribution in [2.75, 3.05) is 6.61 Å². The number of hydrogen-bond acceptors (Lipinski definition) is 2. The van der Waals surface area contributed by atoms with Gasteiger partial charge in [0, 0.05) is 19.1 Å². The second-order valence-electron chi connectivity index (χ2n) is 5.10. The van der Waals surface area contributed by atoms with Gasteiger partial charge in [0.05, 0.1) is 0 Å². The van der Waals surface area contributed by atoms with Crippen LogP contribution in [-0.4, -0.2) is 17.6 Å². The minimum absolute atomic E-state index is 0.136. The molecule has 2 rings (SSSR count). The molecular weight excluding hydrogens is 226 g/mol. The summed E-state index contributed by atoms with van der Waals surface area (Å²) >= 11 is 0. The summed E-state index contributed by atoms with van der Waals surface area (Å²) in [6.45, 7) is 0.873. The average Bonchev–Trinajstić information content (AvgIpc) is 2.46. The molecule has 0 unspecified atom stereocenters. The highest BCUT2D eigenvalue weighted by Crippen LogP contribution is 2.28. The van der Waals surface area contributed by atoms with Gasteiger partial charge < -0.3 is 10.4 Å². The van der Waals surface area contributed by atoms with Crippen LogP contribution in [0.1, 0.15) is 31.2 Å². The first-order valence-electron chi connectivity index (χ1n) is 6.72. The van der Waals surface area contributed by atoms with Gasteiger partial charge in [0.1, 0.15) is 0 Å². The van der Waals surface area contributed by atoms with Crippen LogP contribution in [0.5, 0.6) is 0 Å². The van der Waals surface area contributed by atoms with Crippen molar-refractivity contribution < 1.29 is 9.90 Å². The molecule has 0 bridgehead atoms. The summed E-state index contributed by atoms with van der Waals surface area (Å²) in [5.74, 6) is 0.704. The van der Waals surface area contributed by atoms with E-state index in [1.54, 1.807) is 0 Å². The van der Waals surface area contributed by atoms with Gasteiger partial charge in [-0.2, -0.15) is 0 Å². The SMILES string of the molecule is O=C(NCc1ccccc1)C1CCC(CO)CC1. The van der Waals surface area contributed by atoms with Crippen molar-refractivity contribution in [1.29, 1.82) is 0 Å². The molecule has 1 aromatic carbocycles. The van der Waals surface area contributed by atoms with Crippen LogP contribution >= 0.6 is 0 Å². The topological polar surface area (TPSA) is 49.3 Å². The van der Waals surface area contributed by atoms with Crippen molar-refractivity contribution in [1.82, 2.24) is 5.32 Å². The molecule has 0 saturated heterocycles. The number of hydrogen-bond donors (Lipinski definition) is 2. The minimum atomic E-state index is 0.136. The summed E-state index contributed by atoms with van der Waals surface area (Å²) in [4.78, 5) is 12.0. The average molecular weight is 247 g/mol. The van der Waals surface area contributed by atoms with Gasteiger partial charge in [-0.25, -0.2) is 0 Å². The lowest BCUT2D eigenvalue weighted by molar-refractivity contribution is -0.126. The number of carbonyl (C=O) groups excluding carboxylic acids is 1. The number of aliphatic hydroxyl groups is 1. The maximum absolute atomic E-state index is 12.0. The molecule has 0 heterocycles. The summed E-state index contributed by atoms with van der Waals surface area (Å²) in [6.07, 6.45) is 3.76. The Labute approximate surface area is 108 Å². The first-order valence-corrected chi connectivity index (χ1v) is 6.72. The van der Waals surface area contributed by atoms with Crippen molar-refractivity contribution in [3.05, 3.63) is 35.9 Å². The van der Waals surface area contributed by atoms with Gasteiger partial charge in [0.15, 0.2) is 0 Å². The van der Waals surface area contributed by atoms with E-state index in [0.29, 0.717) is 12.5 Å². The highest BCUT2D eigenvalue weighted by atomic mass is 16.3. The minimum Gasteiger partial charge on any atom is -0.396 e. The number of rotatable bonds is 4. The molecule has 1 saturated carbocycles. The third-order valence-electron chi connectivity index (χ3n) is 3.79. The van der Waals surface area contributed by atoms with Crippen LogP contribution < -0.4 is 5.32 Å². The summed E-state index contributed by atoms with van der Waals surface area (Å²) in [5, 5.41) is 12.1. The monoisotopic (exact) mass is 247 g/mol. The Morgan fingerprint density at radius 3 is 2.44 bits per heavy atom. The number of carbonyl (C=O) groups is 1. The van der Waals surface area contributed by atoms with Crippen molar-refractivity contribution in [3.63, 3.8) is 0 Å². The van der Waals surface area contributed by atoms with Gasteiger partial charge in [-0.05, 0) is 37.2 Å². The van der Waals surface area contributed by atoms with Crippen LogP contribution in [0.4, 0.5) is 0 Å². The normalized spacial score (nSPS) is 23.6. The molecule has 3 heteroatoms. The van der Waals surface area contributed by atoms with Crippen molar-refractivity contribution in [2.45, 2.75) is 32.2 Å². The molecule has 0 aromatic heterocycles. The quantitative estimate of drug-likeness (QED) is 0.856. The van der Waals surface area contributed by atoms with Gasteiger partial charge in [-0.1, -0.05) is 30.3 Å². The van der Waals surface area contributed by atoms with Crippen LogP contribution in [0.15, 0.2) is 30.3 Å². The number of nitrogens with one attached hydrogen (secondary N) is 1. The lowest BCUT2D eigenvalue weighted by atomic mass is 9.82. The standard InChI is InChI=1S/C15H21NO2/c17-11-13-6-8-14(9-7-13)15(18)16-10-12-4-2-1-3-5-12/h1-5,13-14,17H,6-11H2,(H,16,18). The fraction of sp³-hybridized carbons (Fsp3) is 0.533. The molecule has 98 valence electrons. The summed E-state index contributed by atoms with van der Waals surface area (Å²) in [7, 11) is 0. The Balaban J connectivity index is 1.75. The highest BCUT2D eigenvalue weighted by Gasteiger charge is 2.25. The molecule has 0 atom stereocenters. The molecule has 18 heavy (non-hydrogen) atoms. The summed E-state index contributed by atoms with van der Waals surface area (Å²) in [6, 6.07) is 9.97. The molecule has 2 N–H and O–H groups in total. The molecule has 1 fully saturated rings. The summed E-state index contributed by atoms with van der Waals surface area (Å²) < 4.78 is 0. The van der Waals surface area contributed by atoms with Gasteiger partial charge in [-0.3, -0.25) is 4.79 Å². The lowest BCUT2D eigenvalue weighted by Crippen LogP contribution is -2.33. The zero-order valence-corrected chi connectivity index (χ0v) is 10.6. The van der Waals surface area contributed by atoms with E-state index in [0.717, 1.165) is 31.2 Å². The fourth-order valence-corrected chi connectivity index (χ4v) is 2.54. The third-order valence-corrected chi connectivity index (χ3v) is 3.79. The molecule has 3 nitrogen and oxygen atoms in total. The van der Waals surface area contributed by atoms with E-state index in [1.165, 1.54) is 0 Å². The van der Waals surface area contributed by atoms with Crippen LogP contribution in [0.25, 0.3) is 0 Å². The molecule has 0 aliphatic heterocycles. The smallest absolute Gasteiger partial charge is 0.223 e. The maximum Gasteiger partial charge on any atom is 0.223 e. The van der Waals surface area contributed by atoms with Crippen LogP contribution in [0.2, 0.25) is 0 Å². The van der Waals surface area contributed by atoms with Crippen molar-refractivity contribution >= 4 is 5.91 Å². The molecule has 1 aromatic rings. The second kappa shape index (κ2) is 6.55. The van der Waals surface area contributed by atoms with Gasteiger partial charge in [0.25, 0.3) is 0 Å². The van der Waals surface area contributed by atoms with Crippen LogP contribution in [0, 0.1) is 11.8 Å². The van der Waals surface area contributed by atoms with Crippen molar-refractivity contribution in [2.24, 2.45) is 11.8 Å². The van der Waals surface area contributed by atoms with E-state index < -0.39 is 0 Å². The molecule has 0 spiro atoms. The Bertz CT molecular complexity index is 369. The van der Waals surface area contributed by atoms with Gasteiger partial charge in [-0.15, -0.1) is 0 Å². The van der Waals surface area contributed by atoms with Crippen LogP contribution in [-0.2, 0) is 11.3 Å². The Hall–Kier alpha value is -1.35. The largest absolute Gasteiger partial charge is 0.396 e. The maximum atomic E-state index is 12.0. The zero-order valence-electron chi connectivity index (χ0n) is 10.6. The Kier molecular flexibility index (Phi) is 4.76. The highest BCUT2D eigenvalue weighted by molar-refractivity contribution is 5.78. The third kappa shape index (κ3) is 3.57. The number of aliphatic hydroxyl groups excluding tert-OH is 1. The van der Waals surface area contributed by atoms with E-state index in [-0.39, 0.29) is 18.4 Å². The molecular formula is C15H21NO2. The van der Waals surface area contributed by atoms with Crippen LogP contribution in [0.3, 0.4) is 0 Å². The zero-order chi connectivity index (χ0) is 12.8. The first kappa shape index (κ1) is 13.1. The van der Waals surface area contributed by atoms with E-state index >= 15 is 0 Å². The molecule has 1 aliphatic rings.